The molecular weight excluding hydrogens is 393 g/mol. The van der Waals surface area contributed by atoms with Gasteiger partial charge < -0.3 is 15.4 Å². The van der Waals surface area contributed by atoms with Crippen molar-refractivity contribution in [2.75, 3.05) is 6.54 Å². The van der Waals surface area contributed by atoms with Crippen LogP contribution in [0.2, 0.25) is 0 Å². The molecule has 1 fully saturated rings. The molecule has 0 radical (unpaired) electrons. The van der Waals surface area contributed by atoms with Crippen molar-refractivity contribution in [3.63, 3.8) is 0 Å². The average molecular weight is 415 g/mol. The SMILES string of the molecule is Cl.O=C(NCc1ccc(OCc2ccc(C(F)(F)F)cc2)cc1)[C@@H]1CCCN1. The lowest BCUT2D eigenvalue weighted by molar-refractivity contribution is -0.137. The van der Waals surface area contributed by atoms with Gasteiger partial charge in [0, 0.05) is 6.54 Å². The highest BCUT2D eigenvalue weighted by atomic mass is 35.5. The Labute approximate surface area is 167 Å². The Bertz CT molecular complexity index is 759. The topological polar surface area (TPSA) is 50.4 Å². The van der Waals surface area contributed by atoms with Crippen molar-refractivity contribution in [1.29, 1.82) is 0 Å². The first kappa shape index (κ1) is 22.0. The van der Waals surface area contributed by atoms with E-state index in [1.54, 1.807) is 12.1 Å². The highest BCUT2D eigenvalue weighted by Gasteiger charge is 2.29. The molecule has 3 rings (SSSR count). The minimum atomic E-state index is -4.33. The van der Waals surface area contributed by atoms with Gasteiger partial charge in [-0.15, -0.1) is 12.4 Å². The van der Waals surface area contributed by atoms with Gasteiger partial charge in [-0.1, -0.05) is 24.3 Å². The van der Waals surface area contributed by atoms with Gasteiger partial charge in [0.05, 0.1) is 11.6 Å². The van der Waals surface area contributed by atoms with Gasteiger partial charge in [-0.05, 0) is 54.8 Å². The maximum Gasteiger partial charge on any atom is 0.416 e. The second-order valence-electron chi connectivity index (χ2n) is 6.49. The first-order valence-corrected chi connectivity index (χ1v) is 8.81. The van der Waals surface area contributed by atoms with Crippen molar-refractivity contribution in [3.05, 3.63) is 65.2 Å². The molecular formula is C20H22ClF3N2O2. The lowest BCUT2D eigenvalue weighted by atomic mass is 10.1. The molecule has 0 bridgehead atoms. The lowest BCUT2D eigenvalue weighted by Crippen LogP contribution is -2.39. The van der Waals surface area contributed by atoms with E-state index in [0.717, 1.165) is 37.1 Å². The van der Waals surface area contributed by atoms with Crippen LogP contribution in [0.1, 0.15) is 29.5 Å². The molecule has 4 nitrogen and oxygen atoms in total. The third-order valence-corrected chi connectivity index (χ3v) is 4.45. The summed E-state index contributed by atoms with van der Waals surface area (Å²) in [7, 11) is 0. The van der Waals surface area contributed by atoms with Crippen LogP contribution >= 0.6 is 12.4 Å². The molecule has 1 aliphatic rings. The summed E-state index contributed by atoms with van der Waals surface area (Å²) in [5, 5.41) is 6.05. The molecule has 0 spiro atoms. The van der Waals surface area contributed by atoms with Crippen molar-refractivity contribution in [2.24, 2.45) is 0 Å². The standard InChI is InChI=1S/C20H21F3N2O2.ClH/c21-20(22,23)16-7-3-15(4-8-16)13-27-17-9-5-14(6-10-17)12-25-19(26)18-2-1-11-24-18;/h3-10,18,24H,1-2,11-13H2,(H,25,26);1H/t18-;/m0./s1. The number of hydrogen-bond acceptors (Lipinski definition) is 3. The summed E-state index contributed by atoms with van der Waals surface area (Å²) in [4.78, 5) is 12.0. The molecule has 0 unspecified atom stereocenters. The maximum atomic E-state index is 12.5. The van der Waals surface area contributed by atoms with Crippen molar-refractivity contribution < 1.29 is 22.7 Å². The summed E-state index contributed by atoms with van der Waals surface area (Å²) in [6.45, 7) is 1.50. The Morgan fingerprint density at radius 2 is 1.71 bits per heavy atom. The third kappa shape index (κ3) is 6.14. The first-order valence-electron chi connectivity index (χ1n) is 8.81. The minimum absolute atomic E-state index is 0. The molecule has 0 aromatic heterocycles. The monoisotopic (exact) mass is 414 g/mol. The number of carbonyl (C=O) groups excluding carboxylic acids is 1. The van der Waals surface area contributed by atoms with Crippen molar-refractivity contribution in [1.82, 2.24) is 10.6 Å². The highest BCUT2D eigenvalue weighted by molar-refractivity contribution is 5.85. The molecule has 0 saturated carbocycles. The van der Waals surface area contributed by atoms with E-state index in [4.69, 9.17) is 4.74 Å². The van der Waals surface area contributed by atoms with E-state index in [9.17, 15) is 18.0 Å². The fourth-order valence-corrected chi connectivity index (χ4v) is 2.88. The number of carbonyl (C=O) groups is 1. The zero-order chi connectivity index (χ0) is 19.3. The summed E-state index contributed by atoms with van der Waals surface area (Å²) in [6.07, 6.45) is -2.45. The van der Waals surface area contributed by atoms with Crippen LogP contribution in [0, 0.1) is 0 Å². The van der Waals surface area contributed by atoms with Crippen molar-refractivity contribution >= 4 is 18.3 Å². The summed E-state index contributed by atoms with van der Waals surface area (Å²) in [5.41, 5.74) is 0.928. The normalized spacial score (nSPS) is 16.3. The summed E-state index contributed by atoms with van der Waals surface area (Å²) < 4.78 is 43.2. The average Bonchev–Trinajstić information content (AvgIpc) is 3.20. The van der Waals surface area contributed by atoms with Gasteiger partial charge in [0.1, 0.15) is 12.4 Å². The zero-order valence-corrected chi connectivity index (χ0v) is 15.9. The second kappa shape index (κ2) is 9.80. The predicted molar refractivity (Wildman–Crippen MR) is 102 cm³/mol. The molecule has 2 N–H and O–H groups in total. The molecule has 0 aliphatic carbocycles. The Kier molecular flexibility index (Phi) is 7.71. The van der Waals surface area contributed by atoms with Gasteiger partial charge in [0.2, 0.25) is 5.91 Å². The van der Waals surface area contributed by atoms with Gasteiger partial charge in [0.15, 0.2) is 0 Å². The minimum Gasteiger partial charge on any atom is -0.489 e. The van der Waals surface area contributed by atoms with Crippen LogP contribution in [0.5, 0.6) is 5.75 Å². The van der Waals surface area contributed by atoms with Crippen LogP contribution < -0.4 is 15.4 Å². The Hall–Kier alpha value is -2.25. The maximum absolute atomic E-state index is 12.5. The zero-order valence-electron chi connectivity index (χ0n) is 15.1. The fraction of sp³-hybridized carbons (Fsp3) is 0.350. The summed E-state index contributed by atoms with van der Waals surface area (Å²) >= 11 is 0. The number of ether oxygens (including phenoxy) is 1. The molecule has 1 atom stereocenters. The predicted octanol–water partition coefficient (Wildman–Crippen LogP) is 4.07. The number of rotatable bonds is 6. The number of amides is 1. The van der Waals surface area contributed by atoms with Gasteiger partial charge in [0.25, 0.3) is 0 Å². The van der Waals surface area contributed by atoms with E-state index in [0.29, 0.717) is 17.9 Å². The van der Waals surface area contributed by atoms with E-state index in [2.05, 4.69) is 10.6 Å². The van der Waals surface area contributed by atoms with E-state index in [1.807, 2.05) is 12.1 Å². The number of alkyl halides is 3. The molecule has 28 heavy (non-hydrogen) atoms. The second-order valence-corrected chi connectivity index (χ2v) is 6.49. The molecule has 1 amide bonds. The number of nitrogens with one attached hydrogen (secondary N) is 2. The Morgan fingerprint density at radius 1 is 1.07 bits per heavy atom. The molecule has 1 aliphatic heterocycles. The van der Waals surface area contributed by atoms with E-state index < -0.39 is 11.7 Å². The molecule has 152 valence electrons. The number of halogens is 4. The van der Waals surface area contributed by atoms with Crippen LogP contribution in [0.3, 0.4) is 0 Å². The molecule has 2 aromatic rings. The van der Waals surface area contributed by atoms with E-state index >= 15 is 0 Å². The van der Waals surface area contributed by atoms with Crippen molar-refractivity contribution in [2.45, 2.75) is 38.2 Å². The van der Waals surface area contributed by atoms with Crippen molar-refractivity contribution in [3.8, 4) is 5.75 Å². The summed E-state index contributed by atoms with van der Waals surface area (Å²) in [5.74, 6) is 0.623. The van der Waals surface area contributed by atoms with Crippen LogP contribution in [-0.4, -0.2) is 18.5 Å². The Balaban J connectivity index is 0.00000280. The van der Waals surface area contributed by atoms with Gasteiger partial charge in [-0.2, -0.15) is 13.2 Å². The van der Waals surface area contributed by atoms with Gasteiger partial charge >= 0.3 is 6.18 Å². The van der Waals surface area contributed by atoms with Crippen LogP contribution in [0.4, 0.5) is 13.2 Å². The van der Waals surface area contributed by atoms with Crippen LogP contribution in [0.15, 0.2) is 48.5 Å². The largest absolute Gasteiger partial charge is 0.489 e. The fourth-order valence-electron chi connectivity index (χ4n) is 2.88. The highest BCUT2D eigenvalue weighted by Crippen LogP contribution is 2.29. The quantitative estimate of drug-likeness (QED) is 0.749. The van der Waals surface area contributed by atoms with Gasteiger partial charge in [-0.25, -0.2) is 0 Å². The number of benzene rings is 2. The van der Waals surface area contributed by atoms with E-state index in [1.165, 1.54) is 12.1 Å². The number of hydrogen-bond donors (Lipinski definition) is 2. The van der Waals surface area contributed by atoms with Gasteiger partial charge in [-0.3, -0.25) is 4.79 Å². The van der Waals surface area contributed by atoms with E-state index in [-0.39, 0.29) is 31.0 Å². The molecule has 1 heterocycles. The lowest BCUT2D eigenvalue weighted by Gasteiger charge is -2.12. The van der Waals surface area contributed by atoms with Crippen LogP contribution in [0.25, 0.3) is 0 Å². The van der Waals surface area contributed by atoms with Crippen LogP contribution in [-0.2, 0) is 24.1 Å². The summed E-state index contributed by atoms with van der Waals surface area (Å²) in [6, 6.07) is 12.1. The molecule has 1 saturated heterocycles. The first-order chi connectivity index (χ1) is 12.9. The molecule has 2 aromatic carbocycles. The smallest absolute Gasteiger partial charge is 0.416 e. The Morgan fingerprint density at radius 3 is 2.29 bits per heavy atom. The third-order valence-electron chi connectivity index (χ3n) is 4.45. The molecule has 8 heteroatoms.